The summed E-state index contributed by atoms with van der Waals surface area (Å²) in [4.78, 5) is 2.07. The molecule has 0 spiro atoms. The zero-order valence-corrected chi connectivity index (χ0v) is 8.52. The van der Waals surface area contributed by atoms with Gasteiger partial charge in [0.05, 0.1) is 6.61 Å². The van der Waals surface area contributed by atoms with Gasteiger partial charge in [-0.25, -0.2) is 0 Å². The van der Waals surface area contributed by atoms with E-state index in [-0.39, 0.29) is 13.2 Å². The van der Waals surface area contributed by atoms with E-state index in [4.69, 9.17) is 0 Å². The summed E-state index contributed by atoms with van der Waals surface area (Å²) in [5.41, 5.74) is 0. The minimum atomic E-state index is -4.51. The Balaban J connectivity index is 3.14. The summed E-state index contributed by atoms with van der Waals surface area (Å²) >= 11 is 0. The Bertz CT molecular complexity index is 141. The molecule has 0 heterocycles. The van der Waals surface area contributed by atoms with Crippen LogP contribution in [0.15, 0.2) is 0 Å². The number of halogens is 3. The molecule has 0 aromatic rings. The number of nitrogens with zero attached hydrogens (tertiary/aromatic N) is 1. The molecule has 0 bridgehead atoms. The highest BCUT2D eigenvalue weighted by Crippen LogP contribution is 2.14. The molecule has 0 amide bonds. The molecule has 6 heteroatoms. The maximum absolute atomic E-state index is 11.5. The standard InChI is InChI=1S/C8H17F3N2O/c1-3-13(2)6-4-12-5-7-14-8(9,10)11/h12H,3-7H2,1-2H3. The van der Waals surface area contributed by atoms with Crippen LogP contribution in [0, 0.1) is 0 Å². The van der Waals surface area contributed by atoms with Crippen molar-refractivity contribution in [2.45, 2.75) is 13.3 Å². The highest BCUT2D eigenvalue weighted by Gasteiger charge is 2.28. The van der Waals surface area contributed by atoms with Crippen LogP contribution >= 0.6 is 0 Å². The van der Waals surface area contributed by atoms with E-state index in [9.17, 15) is 13.2 Å². The quantitative estimate of drug-likeness (QED) is 0.641. The number of hydrogen-bond acceptors (Lipinski definition) is 3. The molecule has 0 saturated carbocycles. The minimum Gasteiger partial charge on any atom is -0.313 e. The van der Waals surface area contributed by atoms with Crippen molar-refractivity contribution in [3.8, 4) is 0 Å². The molecular weight excluding hydrogens is 197 g/mol. The molecule has 0 unspecified atom stereocenters. The van der Waals surface area contributed by atoms with E-state index in [0.29, 0.717) is 6.54 Å². The first kappa shape index (κ1) is 13.7. The molecule has 3 nitrogen and oxygen atoms in total. The third-order valence-electron chi connectivity index (χ3n) is 1.75. The Labute approximate surface area is 82.2 Å². The van der Waals surface area contributed by atoms with E-state index in [1.165, 1.54) is 0 Å². The van der Waals surface area contributed by atoms with Crippen LogP contribution in [-0.2, 0) is 4.74 Å². The third-order valence-corrected chi connectivity index (χ3v) is 1.75. The van der Waals surface area contributed by atoms with Crippen LogP contribution in [0.4, 0.5) is 13.2 Å². The van der Waals surface area contributed by atoms with Gasteiger partial charge in [0.2, 0.25) is 0 Å². The van der Waals surface area contributed by atoms with Gasteiger partial charge in [-0.15, -0.1) is 13.2 Å². The number of likely N-dealkylation sites (N-methyl/N-ethyl adjacent to an activating group) is 1. The van der Waals surface area contributed by atoms with E-state index in [0.717, 1.165) is 13.1 Å². The van der Waals surface area contributed by atoms with Crippen LogP contribution in [0.1, 0.15) is 6.92 Å². The van der Waals surface area contributed by atoms with E-state index < -0.39 is 6.36 Å². The lowest BCUT2D eigenvalue weighted by molar-refractivity contribution is -0.323. The van der Waals surface area contributed by atoms with Gasteiger partial charge in [-0.1, -0.05) is 6.92 Å². The molecule has 0 aliphatic carbocycles. The molecule has 0 aromatic carbocycles. The van der Waals surface area contributed by atoms with Crippen LogP contribution in [-0.4, -0.2) is 51.1 Å². The Hall–Kier alpha value is -0.330. The molecule has 14 heavy (non-hydrogen) atoms. The number of ether oxygens (including phenoxy) is 1. The van der Waals surface area contributed by atoms with Gasteiger partial charge in [0, 0.05) is 19.6 Å². The van der Waals surface area contributed by atoms with Crippen molar-refractivity contribution >= 4 is 0 Å². The van der Waals surface area contributed by atoms with Crippen LogP contribution < -0.4 is 5.32 Å². The second-order valence-corrected chi connectivity index (χ2v) is 2.94. The summed E-state index contributed by atoms with van der Waals surface area (Å²) in [6, 6.07) is 0. The third kappa shape index (κ3) is 9.76. The summed E-state index contributed by atoms with van der Waals surface area (Å²) in [5, 5.41) is 2.86. The second-order valence-electron chi connectivity index (χ2n) is 2.94. The number of rotatable bonds is 7. The Morgan fingerprint density at radius 1 is 1.29 bits per heavy atom. The van der Waals surface area contributed by atoms with Gasteiger partial charge >= 0.3 is 6.36 Å². The number of nitrogens with one attached hydrogen (secondary N) is 1. The van der Waals surface area contributed by atoms with E-state index >= 15 is 0 Å². The monoisotopic (exact) mass is 214 g/mol. The molecule has 0 atom stereocenters. The molecular formula is C8H17F3N2O. The van der Waals surface area contributed by atoms with Crippen molar-refractivity contribution in [1.29, 1.82) is 0 Å². The van der Waals surface area contributed by atoms with Crippen molar-refractivity contribution in [3.63, 3.8) is 0 Å². The minimum absolute atomic E-state index is 0.219. The highest BCUT2D eigenvalue weighted by atomic mass is 19.4. The number of alkyl halides is 3. The summed E-state index contributed by atoms with van der Waals surface area (Å²) in [6.45, 7) is 4.33. The van der Waals surface area contributed by atoms with Gasteiger partial charge in [-0.2, -0.15) is 0 Å². The molecule has 0 saturated heterocycles. The Morgan fingerprint density at radius 3 is 2.43 bits per heavy atom. The van der Waals surface area contributed by atoms with Gasteiger partial charge in [0.1, 0.15) is 0 Å². The zero-order chi connectivity index (χ0) is 11.0. The summed E-state index contributed by atoms with van der Waals surface area (Å²) in [7, 11) is 1.95. The Morgan fingerprint density at radius 2 is 1.93 bits per heavy atom. The average Bonchev–Trinajstić information content (AvgIpc) is 2.08. The predicted molar refractivity (Wildman–Crippen MR) is 48.0 cm³/mol. The van der Waals surface area contributed by atoms with Crippen LogP contribution in [0.25, 0.3) is 0 Å². The summed E-state index contributed by atoms with van der Waals surface area (Å²) in [5.74, 6) is 0. The SMILES string of the molecule is CCN(C)CCNCCOC(F)(F)F. The second kappa shape index (κ2) is 7.03. The van der Waals surface area contributed by atoms with Crippen molar-refractivity contribution in [3.05, 3.63) is 0 Å². The first-order valence-corrected chi connectivity index (χ1v) is 4.55. The van der Waals surface area contributed by atoms with Crippen molar-refractivity contribution in [1.82, 2.24) is 10.2 Å². The van der Waals surface area contributed by atoms with Crippen molar-refractivity contribution < 1.29 is 17.9 Å². The van der Waals surface area contributed by atoms with E-state index in [1.54, 1.807) is 0 Å². The smallest absolute Gasteiger partial charge is 0.313 e. The lowest BCUT2D eigenvalue weighted by Gasteiger charge is -2.14. The van der Waals surface area contributed by atoms with Crippen LogP contribution in [0.5, 0.6) is 0 Å². The molecule has 0 aromatic heterocycles. The van der Waals surface area contributed by atoms with Gasteiger partial charge < -0.3 is 10.2 Å². The fourth-order valence-electron chi connectivity index (χ4n) is 0.792. The maximum atomic E-state index is 11.5. The fraction of sp³-hybridized carbons (Fsp3) is 1.00. The molecule has 0 radical (unpaired) electrons. The molecule has 1 N–H and O–H groups in total. The Kier molecular flexibility index (Phi) is 6.86. The normalized spacial score (nSPS) is 12.4. The average molecular weight is 214 g/mol. The van der Waals surface area contributed by atoms with Crippen LogP contribution in [0.2, 0.25) is 0 Å². The highest BCUT2D eigenvalue weighted by molar-refractivity contribution is 4.52. The van der Waals surface area contributed by atoms with Gasteiger partial charge in [0.25, 0.3) is 0 Å². The van der Waals surface area contributed by atoms with Gasteiger partial charge in [-0.05, 0) is 13.6 Å². The molecule has 0 rings (SSSR count). The molecule has 0 aliphatic heterocycles. The first-order chi connectivity index (χ1) is 6.45. The van der Waals surface area contributed by atoms with Gasteiger partial charge in [0.15, 0.2) is 0 Å². The van der Waals surface area contributed by atoms with Crippen molar-refractivity contribution in [2.75, 3.05) is 39.8 Å². The zero-order valence-electron chi connectivity index (χ0n) is 8.52. The largest absolute Gasteiger partial charge is 0.522 e. The molecule has 0 aliphatic rings. The number of hydrogen-bond donors (Lipinski definition) is 1. The van der Waals surface area contributed by atoms with E-state index in [2.05, 4.69) is 15.0 Å². The topological polar surface area (TPSA) is 24.5 Å². The fourth-order valence-corrected chi connectivity index (χ4v) is 0.792. The maximum Gasteiger partial charge on any atom is 0.522 e. The summed E-state index contributed by atoms with van der Waals surface area (Å²) in [6.07, 6.45) is -4.51. The first-order valence-electron chi connectivity index (χ1n) is 4.55. The molecule has 0 fully saturated rings. The predicted octanol–water partition coefficient (Wildman–Crippen LogP) is 1.06. The van der Waals surface area contributed by atoms with E-state index in [1.807, 2.05) is 14.0 Å². The van der Waals surface area contributed by atoms with Crippen molar-refractivity contribution in [2.24, 2.45) is 0 Å². The van der Waals surface area contributed by atoms with Crippen LogP contribution in [0.3, 0.4) is 0 Å². The molecule has 86 valence electrons. The lowest BCUT2D eigenvalue weighted by Crippen LogP contribution is -2.31. The van der Waals surface area contributed by atoms with Gasteiger partial charge in [-0.3, -0.25) is 4.74 Å². The lowest BCUT2D eigenvalue weighted by atomic mass is 10.5. The summed E-state index contributed by atoms with van der Waals surface area (Å²) < 4.78 is 38.1.